The average molecular weight is 194 g/mol. The van der Waals surface area contributed by atoms with Crippen molar-refractivity contribution in [3.05, 3.63) is 35.4 Å². The van der Waals surface area contributed by atoms with Crippen molar-refractivity contribution in [2.75, 3.05) is 0 Å². The molecule has 0 bridgehead atoms. The Hall–Kier alpha value is -0.860. The van der Waals surface area contributed by atoms with Crippen molar-refractivity contribution in [1.82, 2.24) is 0 Å². The molecule has 0 atom stereocenters. The van der Waals surface area contributed by atoms with Crippen molar-refractivity contribution < 1.29 is 0 Å². The second-order valence-corrected chi connectivity index (χ2v) is 3.94. The lowest BCUT2D eigenvalue weighted by atomic mass is 9.91. The summed E-state index contributed by atoms with van der Waals surface area (Å²) in [4.78, 5) is 0. The normalized spacial score (nSPS) is 10.0. The van der Waals surface area contributed by atoms with Gasteiger partial charge in [-0.2, -0.15) is 0 Å². The van der Waals surface area contributed by atoms with E-state index < -0.39 is 0 Å². The molecule has 0 fully saturated rings. The van der Waals surface area contributed by atoms with E-state index in [0.717, 1.165) is 0 Å². The van der Waals surface area contributed by atoms with Crippen LogP contribution in [0.1, 0.15) is 50.7 Å². The maximum atomic E-state index is 4.00. The van der Waals surface area contributed by atoms with Crippen LogP contribution in [-0.2, 0) is 0 Å². The van der Waals surface area contributed by atoms with Crippen LogP contribution in [0.15, 0.2) is 24.3 Å². The molecule has 1 aromatic carbocycles. The Kier molecular flexibility index (Phi) is 6.17. The number of benzene rings is 1. The van der Waals surface area contributed by atoms with Gasteiger partial charge in [0.2, 0.25) is 0 Å². The van der Waals surface area contributed by atoms with Gasteiger partial charge in [-0.1, -0.05) is 52.0 Å². The van der Waals surface area contributed by atoms with Crippen LogP contribution in [0.25, 0.3) is 0 Å². The highest BCUT2D eigenvalue weighted by Crippen LogP contribution is 2.25. The molecule has 0 saturated carbocycles. The highest BCUT2D eigenvalue weighted by molar-refractivity contribution is 5.31. The van der Waals surface area contributed by atoms with Gasteiger partial charge in [-0.3, -0.25) is 11.7 Å². The summed E-state index contributed by atoms with van der Waals surface area (Å²) in [5, 5.41) is 0. The van der Waals surface area contributed by atoms with E-state index in [1.54, 1.807) is 0 Å². The molecule has 14 heavy (non-hydrogen) atoms. The van der Waals surface area contributed by atoms with Gasteiger partial charge in [-0.25, -0.2) is 0 Å². The Bertz CT molecular complexity index is 227. The summed E-state index contributed by atoms with van der Waals surface area (Å²) in [5.41, 5.74) is 2.99. The van der Waals surface area contributed by atoms with Crippen LogP contribution in [0.3, 0.4) is 0 Å². The second kappa shape index (κ2) is 6.57. The molecule has 80 valence electrons. The Balaban J connectivity index is 0.000000791. The third-order valence-corrected chi connectivity index (χ3v) is 2.24. The zero-order chi connectivity index (χ0) is 11.1. The number of nitrogens with two attached hydrogens (primary N) is 2. The van der Waals surface area contributed by atoms with Gasteiger partial charge in [0.15, 0.2) is 0 Å². The Labute approximate surface area is 87.3 Å². The van der Waals surface area contributed by atoms with Crippen LogP contribution in [0.4, 0.5) is 0 Å². The van der Waals surface area contributed by atoms with Crippen LogP contribution in [0.2, 0.25) is 0 Å². The molecule has 4 N–H and O–H groups in total. The summed E-state index contributed by atoms with van der Waals surface area (Å²) in [7, 11) is 0. The zero-order valence-electron chi connectivity index (χ0n) is 9.62. The molecular formula is C12H22N2. The number of rotatable bonds is 2. The predicted octanol–water partition coefficient (Wildman–Crippen LogP) is 2.75. The van der Waals surface area contributed by atoms with Gasteiger partial charge in [-0.05, 0) is 23.0 Å². The van der Waals surface area contributed by atoms with E-state index in [0.29, 0.717) is 11.8 Å². The van der Waals surface area contributed by atoms with Crippen LogP contribution in [0, 0.1) is 0 Å². The number of hydrogen-bond donors (Lipinski definition) is 2. The Morgan fingerprint density at radius 1 is 0.786 bits per heavy atom. The fourth-order valence-corrected chi connectivity index (χ4v) is 1.56. The summed E-state index contributed by atoms with van der Waals surface area (Å²) >= 11 is 0. The molecular weight excluding hydrogens is 172 g/mol. The van der Waals surface area contributed by atoms with Gasteiger partial charge in [-0.15, -0.1) is 0 Å². The van der Waals surface area contributed by atoms with Crippen LogP contribution >= 0.6 is 0 Å². The van der Waals surface area contributed by atoms with Crippen molar-refractivity contribution in [1.29, 1.82) is 0 Å². The summed E-state index contributed by atoms with van der Waals surface area (Å²) < 4.78 is 0. The lowest BCUT2D eigenvalue weighted by Crippen LogP contribution is -2.02. The topological polar surface area (TPSA) is 52.0 Å². The van der Waals surface area contributed by atoms with Gasteiger partial charge in [0.05, 0.1) is 0 Å². The first kappa shape index (κ1) is 13.1. The zero-order valence-corrected chi connectivity index (χ0v) is 9.62. The minimum Gasteiger partial charge on any atom is -0.274 e. The number of hydrazine groups is 1. The smallest absolute Gasteiger partial charge is 0.0216 e. The standard InChI is InChI=1S/C12H18.H4N2/c1-9(2)11-7-5-6-8-12(11)10(3)4;1-2/h5-10H,1-4H3;1-2H2. The number of hydrogen-bond acceptors (Lipinski definition) is 2. The minimum atomic E-state index is 0.642. The van der Waals surface area contributed by atoms with E-state index in [4.69, 9.17) is 0 Å². The molecule has 0 unspecified atom stereocenters. The Morgan fingerprint density at radius 2 is 1.07 bits per heavy atom. The van der Waals surface area contributed by atoms with Crippen LogP contribution in [-0.4, -0.2) is 0 Å². The monoisotopic (exact) mass is 194 g/mol. The van der Waals surface area contributed by atoms with E-state index in [1.165, 1.54) is 11.1 Å². The van der Waals surface area contributed by atoms with E-state index in [2.05, 4.69) is 63.6 Å². The van der Waals surface area contributed by atoms with E-state index >= 15 is 0 Å². The Morgan fingerprint density at radius 3 is 1.29 bits per heavy atom. The summed E-state index contributed by atoms with van der Waals surface area (Å²) in [6, 6.07) is 8.72. The first-order valence-electron chi connectivity index (χ1n) is 5.05. The summed E-state index contributed by atoms with van der Waals surface area (Å²) in [6.45, 7) is 9.00. The first-order valence-corrected chi connectivity index (χ1v) is 5.05. The average Bonchev–Trinajstić information content (AvgIpc) is 2.20. The summed E-state index contributed by atoms with van der Waals surface area (Å²) in [5.74, 6) is 9.28. The maximum Gasteiger partial charge on any atom is -0.0216 e. The molecule has 0 aliphatic heterocycles. The minimum absolute atomic E-state index is 0.642. The van der Waals surface area contributed by atoms with Crippen molar-refractivity contribution in [2.45, 2.75) is 39.5 Å². The molecule has 1 aromatic rings. The molecule has 0 aromatic heterocycles. The third kappa shape index (κ3) is 3.48. The van der Waals surface area contributed by atoms with Gasteiger partial charge < -0.3 is 0 Å². The lowest BCUT2D eigenvalue weighted by molar-refractivity contribution is 0.790. The van der Waals surface area contributed by atoms with Gasteiger partial charge in [0, 0.05) is 0 Å². The van der Waals surface area contributed by atoms with Crippen molar-refractivity contribution in [2.24, 2.45) is 11.7 Å². The van der Waals surface area contributed by atoms with Crippen LogP contribution < -0.4 is 11.7 Å². The molecule has 0 radical (unpaired) electrons. The highest BCUT2D eigenvalue weighted by atomic mass is 15.0. The molecule has 0 amide bonds. The quantitative estimate of drug-likeness (QED) is 0.562. The van der Waals surface area contributed by atoms with Gasteiger partial charge in [0.1, 0.15) is 0 Å². The van der Waals surface area contributed by atoms with E-state index in [-0.39, 0.29) is 0 Å². The largest absolute Gasteiger partial charge is 0.274 e. The molecule has 0 saturated heterocycles. The fraction of sp³-hybridized carbons (Fsp3) is 0.500. The third-order valence-electron chi connectivity index (χ3n) is 2.24. The fourth-order valence-electron chi connectivity index (χ4n) is 1.56. The molecule has 1 rings (SSSR count). The summed E-state index contributed by atoms with van der Waals surface area (Å²) in [6.07, 6.45) is 0. The maximum absolute atomic E-state index is 4.00. The van der Waals surface area contributed by atoms with E-state index in [1.807, 2.05) is 0 Å². The molecule has 2 heteroatoms. The highest BCUT2D eigenvalue weighted by Gasteiger charge is 2.07. The SMILES string of the molecule is CC(C)c1ccccc1C(C)C.NN. The molecule has 0 aliphatic carbocycles. The van der Waals surface area contributed by atoms with Crippen molar-refractivity contribution in [3.8, 4) is 0 Å². The van der Waals surface area contributed by atoms with Crippen molar-refractivity contribution in [3.63, 3.8) is 0 Å². The van der Waals surface area contributed by atoms with Crippen molar-refractivity contribution >= 4 is 0 Å². The molecule has 0 heterocycles. The molecule has 0 spiro atoms. The van der Waals surface area contributed by atoms with Gasteiger partial charge >= 0.3 is 0 Å². The first-order chi connectivity index (χ1) is 6.63. The molecule has 0 aliphatic rings. The lowest BCUT2D eigenvalue weighted by Gasteiger charge is -2.14. The van der Waals surface area contributed by atoms with E-state index in [9.17, 15) is 0 Å². The molecule has 2 nitrogen and oxygen atoms in total. The predicted molar refractivity (Wildman–Crippen MR) is 63.0 cm³/mol. The van der Waals surface area contributed by atoms with Gasteiger partial charge in [0.25, 0.3) is 0 Å². The van der Waals surface area contributed by atoms with Crippen LogP contribution in [0.5, 0.6) is 0 Å². The second-order valence-electron chi connectivity index (χ2n) is 3.94.